The Morgan fingerprint density at radius 2 is 2.13 bits per heavy atom. The third-order valence-corrected chi connectivity index (χ3v) is 4.42. The summed E-state index contributed by atoms with van der Waals surface area (Å²) in [6.45, 7) is 4.01. The highest BCUT2D eigenvalue weighted by molar-refractivity contribution is 7.19. The molecule has 2 aromatic heterocycles. The fourth-order valence-electron chi connectivity index (χ4n) is 1.28. The van der Waals surface area contributed by atoms with E-state index in [1.54, 1.807) is 22.7 Å². The molecule has 2 rings (SSSR count). The Morgan fingerprint density at radius 1 is 1.40 bits per heavy atom. The molecule has 2 N–H and O–H groups in total. The zero-order valence-electron chi connectivity index (χ0n) is 8.45. The quantitative estimate of drug-likeness (QED) is 0.889. The minimum atomic E-state index is -0.00196. The van der Waals surface area contributed by atoms with E-state index in [4.69, 9.17) is 17.3 Å². The second-order valence-corrected chi connectivity index (χ2v) is 6.30. The Morgan fingerprint density at radius 3 is 2.60 bits per heavy atom. The van der Waals surface area contributed by atoms with Crippen LogP contribution in [-0.2, 0) is 0 Å². The third kappa shape index (κ3) is 2.23. The molecule has 0 spiro atoms. The summed E-state index contributed by atoms with van der Waals surface area (Å²) in [6.07, 6.45) is 0. The average Bonchev–Trinajstić information content (AvgIpc) is 2.71. The van der Waals surface area contributed by atoms with Gasteiger partial charge in [-0.25, -0.2) is 4.98 Å². The minimum absolute atomic E-state index is 0.00196. The lowest BCUT2D eigenvalue weighted by Crippen LogP contribution is -2.03. The van der Waals surface area contributed by atoms with E-state index in [0.717, 1.165) is 19.9 Å². The molecule has 0 aliphatic carbocycles. The van der Waals surface area contributed by atoms with Gasteiger partial charge >= 0.3 is 0 Å². The van der Waals surface area contributed by atoms with Crippen molar-refractivity contribution >= 4 is 34.3 Å². The van der Waals surface area contributed by atoms with Crippen LogP contribution in [0.4, 0.5) is 0 Å². The van der Waals surface area contributed by atoms with Gasteiger partial charge in [-0.2, -0.15) is 0 Å². The largest absolute Gasteiger partial charge is 0.322 e. The van der Waals surface area contributed by atoms with Crippen LogP contribution in [0.25, 0.3) is 10.6 Å². The molecule has 0 aromatic carbocycles. The van der Waals surface area contributed by atoms with E-state index < -0.39 is 0 Å². The Kier molecular flexibility index (Phi) is 3.11. The molecule has 0 aliphatic rings. The van der Waals surface area contributed by atoms with Gasteiger partial charge in [0.15, 0.2) is 0 Å². The van der Waals surface area contributed by atoms with Crippen molar-refractivity contribution in [1.29, 1.82) is 0 Å². The summed E-state index contributed by atoms with van der Waals surface area (Å²) in [4.78, 5) is 6.85. The van der Waals surface area contributed by atoms with Crippen molar-refractivity contribution in [1.82, 2.24) is 4.98 Å². The SMILES string of the molecule is Cc1sc(C(C)N)nc1-c1ccc(Cl)s1. The normalized spacial score (nSPS) is 13.1. The topological polar surface area (TPSA) is 38.9 Å². The number of hydrogen-bond acceptors (Lipinski definition) is 4. The van der Waals surface area contributed by atoms with Crippen LogP contribution in [0.3, 0.4) is 0 Å². The molecule has 0 saturated carbocycles. The van der Waals surface area contributed by atoms with Gasteiger partial charge in [-0.05, 0) is 26.0 Å². The van der Waals surface area contributed by atoms with Crippen molar-refractivity contribution in [3.63, 3.8) is 0 Å². The lowest BCUT2D eigenvalue weighted by atomic mass is 10.3. The maximum atomic E-state index is 5.90. The fraction of sp³-hybridized carbons (Fsp3) is 0.300. The van der Waals surface area contributed by atoms with Crippen molar-refractivity contribution in [3.8, 4) is 10.6 Å². The minimum Gasteiger partial charge on any atom is -0.322 e. The van der Waals surface area contributed by atoms with Crippen LogP contribution in [0.1, 0.15) is 22.9 Å². The molecule has 0 amide bonds. The number of nitrogens with two attached hydrogens (primary N) is 1. The van der Waals surface area contributed by atoms with Gasteiger partial charge in [0, 0.05) is 4.88 Å². The number of aromatic nitrogens is 1. The van der Waals surface area contributed by atoms with Gasteiger partial charge < -0.3 is 5.73 Å². The number of thiazole rings is 1. The molecular weight excluding hydrogens is 248 g/mol. The first kappa shape index (κ1) is 11.1. The number of hydrogen-bond donors (Lipinski definition) is 1. The molecule has 2 aromatic rings. The predicted molar refractivity (Wildman–Crippen MR) is 67.8 cm³/mol. The zero-order chi connectivity index (χ0) is 11.0. The van der Waals surface area contributed by atoms with Gasteiger partial charge in [0.2, 0.25) is 0 Å². The molecule has 0 bridgehead atoms. The van der Waals surface area contributed by atoms with E-state index in [1.807, 2.05) is 19.1 Å². The Hall–Kier alpha value is -0.420. The maximum Gasteiger partial charge on any atom is 0.110 e. The summed E-state index contributed by atoms with van der Waals surface area (Å²) in [7, 11) is 0. The van der Waals surface area contributed by atoms with Crippen molar-refractivity contribution in [3.05, 3.63) is 26.4 Å². The molecule has 2 nitrogen and oxygen atoms in total. The molecule has 5 heteroatoms. The highest BCUT2D eigenvalue weighted by Gasteiger charge is 2.13. The van der Waals surface area contributed by atoms with Gasteiger partial charge in [0.1, 0.15) is 5.01 Å². The highest BCUT2D eigenvalue weighted by Crippen LogP contribution is 2.35. The van der Waals surface area contributed by atoms with Crippen LogP contribution in [0, 0.1) is 6.92 Å². The van der Waals surface area contributed by atoms with Gasteiger partial charge in [-0.1, -0.05) is 11.6 Å². The fourth-order valence-corrected chi connectivity index (χ4v) is 3.33. The van der Waals surface area contributed by atoms with Crippen molar-refractivity contribution in [2.75, 3.05) is 0 Å². The van der Waals surface area contributed by atoms with Crippen LogP contribution in [0.2, 0.25) is 4.34 Å². The van der Waals surface area contributed by atoms with E-state index in [0.29, 0.717) is 0 Å². The lowest BCUT2D eigenvalue weighted by molar-refractivity contribution is 0.808. The van der Waals surface area contributed by atoms with E-state index >= 15 is 0 Å². The first-order valence-corrected chi connectivity index (χ1v) is 6.57. The summed E-state index contributed by atoms with van der Waals surface area (Å²) in [5.74, 6) is 0. The molecule has 80 valence electrons. The molecule has 0 fully saturated rings. The molecule has 1 atom stereocenters. The predicted octanol–water partition coefficient (Wildman–Crippen LogP) is 3.85. The summed E-state index contributed by atoms with van der Waals surface area (Å²) in [6, 6.07) is 3.89. The molecule has 0 radical (unpaired) electrons. The van der Waals surface area contributed by atoms with Gasteiger partial charge in [-0.15, -0.1) is 22.7 Å². The smallest absolute Gasteiger partial charge is 0.110 e. The van der Waals surface area contributed by atoms with Crippen LogP contribution >= 0.6 is 34.3 Å². The second-order valence-electron chi connectivity index (χ2n) is 3.35. The molecule has 2 heterocycles. The number of thiophene rings is 1. The number of halogens is 1. The molecule has 0 aliphatic heterocycles. The van der Waals surface area contributed by atoms with Crippen LogP contribution in [0.5, 0.6) is 0 Å². The highest BCUT2D eigenvalue weighted by atomic mass is 35.5. The summed E-state index contributed by atoms with van der Waals surface area (Å²) < 4.78 is 0.791. The summed E-state index contributed by atoms with van der Waals surface area (Å²) in [5, 5.41) is 0.979. The molecule has 15 heavy (non-hydrogen) atoms. The van der Waals surface area contributed by atoms with Gasteiger partial charge in [-0.3, -0.25) is 0 Å². The lowest BCUT2D eigenvalue weighted by Gasteiger charge is -1.96. The van der Waals surface area contributed by atoms with Crippen LogP contribution < -0.4 is 5.73 Å². The molecular formula is C10H11ClN2S2. The van der Waals surface area contributed by atoms with Gasteiger partial charge in [0.25, 0.3) is 0 Å². The van der Waals surface area contributed by atoms with Crippen LogP contribution in [0.15, 0.2) is 12.1 Å². The second kappa shape index (κ2) is 4.22. The first-order chi connectivity index (χ1) is 7.08. The third-order valence-electron chi connectivity index (χ3n) is 2.01. The summed E-state index contributed by atoms with van der Waals surface area (Å²) >= 11 is 9.10. The van der Waals surface area contributed by atoms with Gasteiger partial charge in [0.05, 0.1) is 20.9 Å². The molecule has 0 saturated heterocycles. The van der Waals surface area contributed by atoms with Crippen molar-refractivity contribution in [2.45, 2.75) is 19.9 Å². The van der Waals surface area contributed by atoms with E-state index in [2.05, 4.69) is 11.9 Å². The Labute approximate surface area is 102 Å². The maximum absolute atomic E-state index is 5.90. The number of rotatable bonds is 2. The van der Waals surface area contributed by atoms with Crippen molar-refractivity contribution in [2.24, 2.45) is 5.73 Å². The Balaban J connectivity index is 2.44. The number of nitrogens with zero attached hydrogens (tertiary/aromatic N) is 1. The number of aryl methyl sites for hydroxylation is 1. The first-order valence-electron chi connectivity index (χ1n) is 4.56. The van der Waals surface area contributed by atoms with Crippen LogP contribution in [-0.4, -0.2) is 4.98 Å². The Bertz CT molecular complexity index is 473. The van der Waals surface area contributed by atoms with E-state index in [9.17, 15) is 0 Å². The molecule has 1 unspecified atom stereocenters. The zero-order valence-corrected chi connectivity index (χ0v) is 10.8. The summed E-state index contributed by atoms with van der Waals surface area (Å²) in [5.41, 5.74) is 6.82. The van der Waals surface area contributed by atoms with Crippen molar-refractivity contribution < 1.29 is 0 Å². The van der Waals surface area contributed by atoms with E-state index in [1.165, 1.54) is 4.88 Å². The monoisotopic (exact) mass is 258 g/mol. The standard InChI is InChI=1S/C10H11ClN2S2/c1-5(12)10-13-9(6(2)14-10)7-3-4-8(11)15-7/h3-5H,12H2,1-2H3. The van der Waals surface area contributed by atoms with E-state index in [-0.39, 0.29) is 6.04 Å². The average molecular weight is 259 g/mol.